The normalized spacial score (nSPS) is 9.89. The maximum absolute atomic E-state index is 13.2. The molecule has 5 heteroatoms. The number of aryl methyl sites for hydroxylation is 1. The lowest BCUT2D eigenvalue weighted by atomic mass is 10.2. The molecule has 18 heavy (non-hydrogen) atoms. The van der Waals surface area contributed by atoms with E-state index in [0.717, 1.165) is 5.56 Å². The van der Waals surface area contributed by atoms with Crippen molar-refractivity contribution in [3.63, 3.8) is 0 Å². The fourth-order valence-corrected chi connectivity index (χ4v) is 1.89. The van der Waals surface area contributed by atoms with Crippen molar-refractivity contribution in [2.45, 2.75) is 6.92 Å². The molecular formula is C13H8BrFN2O. The Morgan fingerprint density at radius 2 is 2.17 bits per heavy atom. The molecule has 0 bridgehead atoms. The minimum Gasteiger partial charge on any atom is -0.438 e. The van der Waals surface area contributed by atoms with E-state index in [1.165, 1.54) is 12.1 Å². The van der Waals surface area contributed by atoms with Gasteiger partial charge in [-0.15, -0.1) is 0 Å². The second-order valence-corrected chi connectivity index (χ2v) is 4.54. The molecule has 0 spiro atoms. The van der Waals surface area contributed by atoms with Gasteiger partial charge in [0.05, 0.1) is 0 Å². The van der Waals surface area contributed by atoms with Gasteiger partial charge in [0.15, 0.2) is 0 Å². The molecule has 0 atom stereocenters. The zero-order chi connectivity index (χ0) is 13.1. The van der Waals surface area contributed by atoms with Crippen molar-refractivity contribution in [3.05, 3.63) is 51.9 Å². The van der Waals surface area contributed by atoms with Crippen LogP contribution < -0.4 is 4.74 Å². The standard InChI is InChI=1S/C13H8BrFN2O/c1-8-2-3-17-13(12(8)7-16)18-11-5-9(14)4-10(15)6-11/h2-6H,1H3. The summed E-state index contributed by atoms with van der Waals surface area (Å²) in [5, 5.41) is 9.03. The minimum atomic E-state index is -0.425. The van der Waals surface area contributed by atoms with Gasteiger partial charge < -0.3 is 4.74 Å². The monoisotopic (exact) mass is 306 g/mol. The van der Waals surface area contributed by atoms with Crippen molar-refractivity contribution in [2.24, 2.45) is 0 Å². The van der Waals surface area contributed by atoms with Gasteiger partial charge in [-0.1, -0.05) is 15.9 Å². The van der Waals surface area contributed by atoms with Crippen LogP contribution in [0.2, 0.25) is 0 Å². The van der Waals surface area contributed by atoms with Crippen LogP contribution in [-0.4, -0.2) is 4.98 Å². The topological polar surface area (TPSA) is 45.9 Å². The van der Waals surface area contributed by atoms with Crippen molar-refractivity contribution in [2.75, 3.05) is 0 Å². The molecule has 0 aliphatic rings. The molecule has 1 aromatic carbocycles. The molecular weight excluding hydrogens is 299 g/mol. The first-order valence-corrected chi connectivity index (χ1v) is 5.89. The SMILES string of the molecule is Cc1ccnc(Oc2cc(F)cc(Br)c2)c1C#N. The number of ether oxygens (including phenoxy) is 1. The van der Waals surface area contributed by atoms with Crippen LogP contribution in [0.5, 0.6) is 11.6 Å². The quantitative estimate of drug-likeness (QED) is 0.843. The summed E-state index contributed by atoms with van der Waals surface area (Å²) in [6.45, 7) is 1.79. The Balaban J connectivity index is 2.40. The molecule has 90 valence electrons. The van der Waals surface area contributed by atoms with E-state index in [0.29, 0.717) is 10.0 Å². The van der Waals surface area contributed by atoms with E-state index in [1.54, 1.807) is 25.3 Å². The molecule has 0 fully saturated rings. The highest BCUT2D eigenvalue weighted by Gasteiger charge is 2.10. The maximum Gasteiger partial charge on any atom is 0.237 e. The second-order valence-electron chi connectivity index (χ2n) is 3.63. The number of benzene rings is 1. The zero-order valence-corrected chi connectivity index (χ0v) is 11.0. The van der Waals surface area contributed by atoms with Gasteiger partial charge in [-0.2, -0.15) is 5.26 Å². The van der Waals surface area contributed by atoms with Crippen LogP contribution in [0.1, 0.15) is 11.1 Å². The predicted octanol–water partition coefficient (Wildman–Crippen LogP) is 3.96. The highest BCUT2D eigenvalue weighted by atomic mass is 79.9. The highest BCUT2D eigenvalue weighted by molar-refractivity contribution is 9.10. The molecule has 0 unspecified atom stereocenters. The van der Waals surface area contributed by atoms with E-state index in [1.807, 2.05) is 6.07 Å². The molecule has 0 amide bonds. The Morgan fingerprint density at radius 1 is 1.39 bits per heavy atom. The van der Waals surface area contributed by atoms with Gasteiger partial charge >= 0.3 is 0 Å². The van der Waals surface area contributed by atoms with Gasteiger partial charge in [-0.05, 0) is 30.7 Å². The fourth-order valence-electron chi connectivity index (χ4n) is 1.45. The van der Waals surface area contributed by atoms with Crippen molar-refractivity contribution in [1.29, 1.82) is 5.26 Å². The summed E-state index contributed by atoms with van der Waals surface area (Å²) in [6, 6.07) is 7.89. The molecule has 1 aromatic heterocycles. The summed E-state index contributed by atoms with van der Waals surface area (Å²) in [5.41, 5.74) is 1.11. The third kappa shape index (κ3) is 2.66. The Labute approximate surface area is 112 Å². The number of nitriles is 1. The summed E-state index contributed by atoms with van der Waals surface area (Å²) in [7, 11) is 0. The third-order valence-electron chi connectivity index (χ3n) is 2.29. The lowest BCUT2D eigenvalue weighted by Gasteiger charge is -2.08. The second kappa shape index (κ2) is 5.15. The lowest BCUT2D eigenvalue weighted by molar-refractivity contribution is 0.455. The Bertz CT molecular complexity index is 617. The zero-order valence-electron chi connectivity index (χ0n) is 9.45. The summed E-state index contributed by atoms with van der Waals surface area (Å²) in [6.07, 6.45) is 1.54. The molecule has 0 aliphatic heterocycles. The van der Waals surface area contributed by atoms with E-state index in [9.17, 15) is 4.39 Å². The fraction of sp³-hybridized carbons (Fsp3) is 0.0769. The van der Waals surface area contributed by atoms with E-state index < -0.39 is 5.82 Å². The number of pyridine rings is 1. The first-order valence-electron chi connectivity index (χ1n) is 5.10. The third-order valence-corrected chi connectivity index (χ3v) is 2.74. The van der Waals surface area contributed by atoms with Crippen LogP contribution in [0, 0.1) is 24.1 Å². The Morgan fingerprint density at radius 3 is 2.83 bits per heavy atom. The first kappa shape index (κ1) is 12.5. The van der Waals surface area contributed by atoms with Crippen LogP contribution in [-0.2, 0) is 0 Å². The molecule has 0 N–H and O–H groups in total. The van der Waals surface area contributed by atoms with Crippen LogP contribution in [0.15, 0.2) is 34.9 Å². The van der Waals surface area contributed by atoms with E-state index in [4.69, 9.17) is 10.00 Å². The summed E-state index contributed by atoms with van der Waals surface area (Å²) < 4.78 is 19.2. The average Bonchev–Trinajstić information content (AvgIpc) is 2.27. The van der Waals surface area contributed by atoms with Gasteiger partial charge in [-0.25, -0.2) is 9.37 Å². The lowest BCUT2D eigenvalue weighted by Crippen LogP contribution is -1.94. The molecule has 0 aliphatic carbocycles. The Kier molecular flexibility index (Phi) is 3.58. The molecule has 0 radical (unpaired) electrons. The smallest absolute Gasteiger partial charge is 0.237 e. The Hall–Kier alpha value is -1.93. The van der Waals surface area contributed by atoms with Crippen LogP contribution >= 0.6 is 15.9 Å². The van der Waals surface area contributed by atoms with Crippen LogP contribution in [0.3, 0.4) is 0 Å². The van der Waals surface area contributed by atoms with Crippen molar-refractivity contribution in [1.82, 2.24) is 4.98 Å². The van der Waals surface area contributed by atoms with Gasteiger partial charge in [-0.3, -0.25) is 0 Å². The molecule has 3 nitrogen and oxygen atoms in total. The van der Waals surface area contributed by atoms with E-state index in [-0.39, 0.29) is 11.6 Å². The van der Waals surface area contributed by atoms with Gasteiger partial charge in [0.25, 0.3) is 0 Å². The maximum atomic E-state index is 13.2. The average molecular weight is 307 g/mol. The molecule has 0 saturated carbocycles. The molecule has 2 aromatic rings. The number of hydrogen-bond donors (Lipinski definition) is 0. The van der Waals surface area contributed by atoms with Gasteiger partial charge in [0.2, 0.25) is 5.88 Å². The number of rotatable bonds is 2. The summed E-state index contributed by atoms with van der Waals surface area (Å²) in [4.78, 5) is 3.98. The number of aromatic nitrogens is 1. The van der Waals surface area contributed by atoms with Crippen LogP contribution in [0.4, 0.5) is 4.39 Å². The minimum absolute atomic E-state index is 0.176. The number of nitrogens with zero attached hydrogens (tertiary/aromatic N) is 2. The molecule has 2 rings (SSSR count). The molecule has 1 heterocycles. The summed E-state index contributed by atoms with van der Waals surface area (Å²) in [5.74, 6) is 0.0389. The van der Waals surface area contributed by atoms with Crippen molar-refractivity contribution in [3.8, 4) is 17.7 Å². The van der Waals surface area contributed by atoms with Crippen LogP contribution in [0.25, 0.3) is 0 Å². The van der Waals surface area contributed by atoms with Gasteiger partial charge in [0, 0.05) is 16.7 Å². The number of hydrogen-bond acceptors (Lipinski definition) is 3. The van der Waals surface area contributed by atoms with Crippen molar-refractivity contribution >= 4 is 15.9 Å². The predicted molar refractivity (Wildman–Crippen MR) is 67.9 cm³/mol. The molecule has 0 saturated heterocycles. The van der Waals surface area contributed by atoms with Gasteiger partial charge in [0.1, 0.15) is 23.2 Å². The number of halogens is 2. The largest absolute Gasteiger partial charge is 0.438 e. The van der Waals surface area contributed by atoms with E-state index in [2.05, 4.69) is 20.9 Å². The van der Waals surface area contributed by atoms with E-state index >= 15 is 0 Å². The first-order chi connectivity index (χ1) is 8.60. The highest BCUT2D eigenvalue weighted by Crippen LogP contribution is 2.27. The van der Waals surface area contributed by atoms with Crippen molar-refractivity contribution < 1.29 is 9.13 Å². The summed E-state index contributed by atoms with van der Waals surface area (Å²) >= 11 is 3.17.